The topological polar surface area (TPSA) is 53.2 Å². The molecular formula is C8H19N3O. The Balaban J connectivity index is 3.14. The average molecular weight is 173 g/mol. The first kappa shape index (κ1) is 11.4. The molecule has 72 valence electrons. The molecule has 0 atom stereocenters. The van der Waals surface area contributed by atoms with Gasteiger partial charge >= 0.3 is 0 Å². The van der Waals surface area contributed by atoms with Crippen LogP contribution in [0.15, 0.2) is 0 Å². The first-order valence-electron chi connectivity index (χ1n) is 4.31. The van der Waals surface area contributed by atoms with Crippen LogP contribution in [0.3, 0.4) is 0 Å². The normalized spacial score (nSPS) is 10.3. The third-order valence-electron chi connectivity index (χ3n) is 1.43. The molecule has 0 radical (unpaired) electrons. The zero-order chi connectivity index (χ0) is 9.40. The lowest BCUT2D eigenvalue weighted by Crippen LogP contribution is -2.36. The van der Waals surface area contributed by atoms with Crippen molar-refractivity contribution in [3.8, 4) is 0 Å². The number of hydrogen-bond acceptors (Lipinski definition) is 3. The largest absolute Gasteiger partial charge is 0.355 e. The molecule has 0 fully saturated rings. The van der Waals surface area contributed by atoms with Crippen LogP contribution in [-0.4, -0.2) is 32.7 Å². The maximum absolute atomic E-state index is 11.0. The van der Waals surface area contributed by atoms with Gasteiger partial charge in [0.25, 0.3) is 0 Å². The van der Waals surface area contributed by atoms with Crippen molar-refractivity contribution in [3.63, 3.8) is 0 Å². The van der Waals surface area contributed by atoms with E-state index >= 15 is 0 Å². The summed E-state index contributed by atoms with van der Waals surface area (Å²) in [4.78, 5) is 11.0. The fraction of sp³-hybridized carbons (Fsp3) is 0.875. The summed E-state index contributed by atoms with van der Waals surface area (Å²) < 4.78 is 0. The first-order chi connectivity index (χ1) is 5.68. The summed E-state index contributed by atoms with van der Waals surface area (Å²) in [6.07, 6.45) is 0. The van der Waals surface area contributed by atoms with E-state index in [1.807, 2.05) is 20.9 Å². The Morgan fingerprint density at radius 3 is 2.50 bits per heavy atom. The van der Waals surface area contributed by atoms with Crippen LogP contribution in [0.25, 0.3) is 0 Å². The molecule has 3 N–H and O–H groups in total. The van der Waals surface area contributed by atoms with E-state index in [0.29, 0.717) is 6.54 Å². The van der Waals surface area contributed by atoms with E-state index < -0.39 is 0 Å². The Morgan fingerprint density at radius 1 is 1.33 bits per heavy atom. The Labute approximate surface area is 74.1 Å². The number of hydrogen-bond donors (Lipinski definition) is 3. The van der Waals surface area contributed by atoms with Crippen LogP contribution < -0.4 is 16.0 Å². The molecule has 0 aromatic rings. The number of nitrogens with one attached hydrogen (secondary N) is 3. The minimum Gasteiger partial charge on any atom is -0.355 e. The van der Waals surface area contributed by atoms with Crippen LogP contribution in [0.1, 0.15) is 13.8 Å². The van der Waals surface area contributed by atoms with E-state index in [9.17, 15) is 4.79 Å². The summed E-state index contributed by atoms with van der Waals surface area (Å²) in [6.45, 7) is 6.04. The molecule has 12 heavy (non-hydrogen) atoms. The van der Waals surface area contributed by atoms with Crippen molar-refractivity contribution in [1.82, 2.24) is 16.0 Å². The molecule has 1 amide bonds. The molecule has 0 heterocycles. The van der Waals surface area contributed by atoms with Crippen LogP contribution in [0.4, 0.5) is 0 Å². The fourth-order valence-electron chi connectivity index (χ4n) is 0.692. The van der Waals surface area contributed by atoms with Gasteiger partial charge in [-0.15, -0.1) is 0 Å². The predicted octanol–water partition coefficient (Wildman–Crippen LogP) is -0.475. The van der Waals surface area contributed by atoms with E-state index in [2.05, 4.69) is 16.0 Å². The highest BCUT2D eigenvalue weighted by Gasteiger charge is 2.03. The summed E-state index contributed by atoms with van der Waals surface area (Å²) in [6, 6.07) is 0. The zero-order valence-electron chi connectivity index (χ0n) is 8.11. The van der Waals surface area contributed by atoms with Crippen LogP contribution >= 0.6 is 0 Å². The highest BCUT2D eigenvalue weighted by molar-refractivity contribution is 5.77. The molecule has 0 aliphatic heterocycles. The lowest BCUT2D eigenvalue weighted by molar-refractivity contribution is -0.123. The zero-order valence-corrected chi connectivity index (χ0v) is 8.11. The number of carbonyl (C=O) groups is 1. The summed E-state index contributed by atoms with van der Waals surface area (Å²) in [5.74, 6) is 0.190. The van der Waals surface area contributed by atoms with E-state index in [4.69, 9.17) is 0 Å². The van der Waals surface area contributed by atoms with Crippen LogP contribution in [0.5, 0.6) is 0 Å². The molecule has 0 bridgehead atoms. The third kappa shape index (κ3) is 6.12. The Morgan fingerprint density at radius 2 is 2.00 bits per heavy atom. The maximum Gasteiger partial charge on any atom is 0.222 e. The third-order valence-corrected chi connectivity index (χ3v) is 1.43. The van der Waals surface area contributed by atoms with E-state index in [-0.39, 0.29) is 11.8 Å². The number of carbonyl (C=O) groups excluding carboxylic acids is 1. The van der Waals surface area contributed by atoms with Crippen molar-refractivity contribution in [3.05, 3.63) is 0 Å². The minimum absolute atomic E-state index is 0.0781. The minimum atomic E-state index is 0.0781. The second-order valence-electron chi connectivity index (χ2n) is 2.98. The monoisotopic (exact) mass is 173 g/mol. The van der Waals surface area contributed by atoms with Gasteiger partial charge < -0.3 is 16.0 Å². The molecule has 0 spiro atoms. The molecule has 0 aromatic heterocycles. The predicted molar refractivity (Wildman–Crippen MR) is 49.8 cm³/mol. The van der Waals surface area contributed by atoms with Crippen LogP contribution in [-0.2, 0) is 4.79 Å². The SMILES string of the molecule is CNCNCCNC(=O)C(C)C. The second kappa shape index (κ2) is 7.06. The maximum atomic E-state index is 11.0. The molecular weight excluding hydrogens is 154 g/mol. The van der Waals surface area contributed by atoms with Crippen molar-refractivity contribution < 1.29 is 4.79 Å². The molecule has 0 rings (SSSR count). The van der Waals surface area contributed by atoms with Crippen molar-refractivity contribution in [2.45, 2.75) is 13.8 Å². The lowest BCUT2D eigenvalue weighted by Gasteiger charge is -2.07. The molecule has 4 heteroatoms. The first-order valence-corrected chi connectivity index (χ1v) is 4.31. The quantitative estimate of drug-likeness (QED) is 0.376. The highest BCUT2D eigenvalue weighted by Crippen LogP contribution is 1.88. The lowest BCUT2D eigenvalue weighted by atomic mass is 10.2. The van der Waals surface area contributed by atoms with Gasteiger partial charge in [0, 0.05) is 25.7 Å². The van der Waals surface area contributed by atoms with Crippen molar-refractivity contribution in [2.24, 2.45) is 5.92 Å². The van der Waals surface area contributed by atoms with E-state index in [1.165, 1.54) is 0 Å². The number of amides is 1. The molecule has 0 aromatic carbocycles. The van der Waals surface area contributed by atoms with Gasteiger partial charge in [0.1, 0.15) is 0 Å². The Hall–Kier alpha value is -0.610. The summed E-state index contributed by atoms with van der Waals surface area (Å²) >= 11 is 0. The van der Waals surface area contributed by atoms with Gasteiger partial charge in [0.2, 0.25) is 5.91 Å². The van der Waals surface area contributed by atoms with Gasteiger partial charge in [-0.05, 0) is 7.05 Å². The fourth-order valence-corrected chi connectivity index (χ4v) is 0.692. The van der Waals surface area contributed by atoms with E-state index in [1.54, 1.807) is 0 Å². The smallest absolute Gasteiger partial charge is 0.222 e. The molecule has 0 saturated carbocycles. The highest BCUT2D eigenvalue weighted by atomic mass is 16.1. The molecule has 0 aliphatic carbocycles. The average Bonchev–Trinajstić information content (AvgIpc) is 2.03. The summed E-state index contributed by atoms with van der Waals surface area (Å²) in [7, 11) is 1.87. The standard InChI is InChI=1S/C8H19N3O/c1-7(2)8(12)11-5-4-10-6-9-3/h7,9-10H,4-6H2,1-3H3,(H,11,12). The summed E-state index contributed by atoms with van der Waals surface area (Å²) in [5, 5.41) is 8.87. The second-order valence-corrected chi connectivity index (χ2v) is 2.98. The molecule has 4 nitrogen and oxygen atoms in total. The number of rotatable bonds is 6. The Kier molecular flexibility index (Phi) is 6.70. The van der Waals surface area contributed by atoms with Crippen LogP contribution in [0.2, 0.25) is 0 Å². The van der Waals surface area contributed by atoms with Gasteiger partial charge in [-0.3, -0.25) is 4.79 Å². The van der Waals surface area contributed by atoms with E-state index in [0.717, 1.165) is 13.2 Å². The van der Waals surface area contributed by atoms with Crippen molar-refractivity contribution in [2.75, 3.05) is 26.8 Å². The van der Waals surface area contributed by atoms with Crippen LogP contribution in [0, 0.1) is 5.92 Å². The van der Waals surface area contributed by atoms with Crippen molar-refractivity contribution in [1.29, 1.82) is 0 Å². The van der Waals surface area contributed by atoms with Gasteiger partial charge in [-0.2, -0.15) is 0 Å². The molecule has 0 unspecified atom stereocenters. The Bertz CT molecular complexity index is 125. The van der Waals surface area contributed by atoms with Gasteiger partial charge in [-0.25, -0.2) is 0 Å². The van der Waals surface area contributed by atoms with Gasteiger partial charge in [0.05, 0.1) is 0 Å². The van der Waals surface area contributed by atoms with Gasteiger partial charge in [-0.1, -0.05) is 13.8 Å². The molecule has 0 aliphatic rings. The van der Waals surface area contributed by atoms with Gasteiger partial charge in [0.15, 0.2) is 0 Å². The summed E-state index contributed by atoms with van der Waals surface area (Å²) in [5.41, 5.74) is 0. The van der Waals surface area contributed by atoms with Crippen molar-refractivity contribution >= 4 is 5.91 Å². The molecule has 0 saturated heterocycles.